The van der Waals surface area contributed by atoms with Crippen LogP contribution in [-0.2, 0) is 12.8 Å². The van der Waals surface area contributed by atoms with Crippen molar-refractivity contribution in [2.45, 2.75) is 44.6 Å². The number of hydrogen-bond acceptors (Lipinski definition) is 4. The van der Waals surface area contributed by atoms with Crippen LogP contribution < -0.4 is 10.9 Å². The third-order valence-corrected chi connectivity index (χ3v) is 8.87. The van der Waals surface area contributed by atoms with E-state index >= 15 is 0 Å². The fourth-order valence-electron chi connectivity index (χ4n) is 6.16. The predicted molar refractivity (Wildman–Crippen MR) is 154 cm³/mol. The zero-order valence-corrected chi connectivity index (χ0v) is 22.9. The molecule has 2 aliphatic carbocycles. The normalized spacial score (nSPS) is 14.6. The number of nitrogens with zero attached hydrogens (tertiary/aromatic N) is 2. The minimum absolute atomic E-state index is 0.145. The molecule has 1 fully saturated rings. The summed E-state index contributed by atoms with van der Waals surface area (Å²) in [5.41, 5.74) is 8.76. The van der Waals surface area contributed by atoms with Crippen molar-refractivity contribution < 1.29 is 14.3 Å². The molecule has 1 saturated carbocycles. The average molecular weight is 584 g/mol. The second-order valence-electron chi connectivity index (χ2n) is 10.5. The van der Waals surface area contributed by atoms with Gasteiger partial charge in [-0.2, -0.15) is 0 Å². The van der Waals surface area contributed by atoms with Crippen LogP contribution in [0.3, 0.4) is 0 Å². The number of amides is 1. The second kappa shape index (κ2) is 9.09. The first kappa shape index (κ1) is 24.2. The Morgan fingerprint density at radius 3 is 2.44 bits per heavy atom. The van der Waals surface area contributed by atoms with Gasteiger partial charge in [-0.05, 0) is 65.6 Å². The molecular weight excluding hydrogens is 558 g/mol. The molecule has 0 atom stereocenters. The molecule has 7 nitrogen and oxygen atoms in total. The monoisotopic (exact) mass is 583 g/mol. The molecule has 3 aromatic carbocycles. The van der Waals surface area contributed by atoms with Crippen LogP contribution in [0.4, 0.5) is 4.79 Å². The summed E-state index contributed by atoms with van der Waals surface area (Å²) in [5.74, 6) is 0.516. The number of oxazole rings is 1. The fraction of sp³-hybridized carbons (Fsp3) is 0.258. The molecule has 0 saturated heterocycles. The van der Waals surface area contributed by atoms with Gasteiger partial charge in [-0.3, -0.25) is 4.79 Å². The van der Waals surface area contributed by atoms with Crippen LogP contribution in [-0.4, -0.2) is 27.3 Å². The number of carboxylic acid groups (broad SMARTS) is 1. The van der Waals surface area contributed by atoms with Crippen molar-refractivity contribution in [2.24, 2.45) is 0 Å². The maximum Gasteiger partial charge on any atom is 0.404 e. The van der Waals surface area contributed by atoms with Crippen LogP contribution in [0.15, 0.2) is 68.3 Å². The van der Waals surface area contributed by atoms with E-state index in [9.17, 15) is 9.59 Å². The molecule has 2 heterocycles. The van der Waals surface area contributed by atoms with Crippen LogP contribution in [0.5, 0.6) is 0 Å². The van der Waals surface area contributed by atoms with Gasteiger partial charge in [-0.1, -0.05) is 64.5 Å². The Hall–Kier alpha value is -3.91. The van der Waals surface area contributed by atoms with Crippen LogP contribution in [0.1, 0.15) is 52.9 Å². The van der Waals surface area contributed by atoms with Crippen LogP contribution in [0, 0.1) is 6.92 Å². The van der Waals surface area contributed by atoms with Gasteiger partial charge in [0, 0.05) is 34.8 Å². The molecule has 0 bridgehead atoms. The second-order valence-corrected chi connectivity index (χ2v) is 11.3. The number of fused-ring (bicyclic) bond motifs is 6. The molecule has 39 heavy (non-hydrogen) atoms. The number of halogens is 1. The van der Waals surface area contributed by atoms with Crippen molar-refractivity contribution in [1.82, 2.24) is 14.9 Å². The van der Waals surface area contributed by atoms with E-state index in [0.717, 1.165) is 45.8 Å². The topological polar surface area (TPSA) is 97.4 Å². The Balaban J connectivity index is 1.46. The minimum Gasteiger partial charge on any atom is -0.465 e. The zero-order chi connectivity index (χ0) is 26.8. The highest BCUT2D eigenvalue weighted by Crippen LogP contribution is 2.48. The van der Waals surface area contributed by atoms with E-state index < -0.39 is 6.09 Å². The number of pyridine rings is 1. The molecule has 1 amide bonds. The highest BCUT2D eigenvalue weighted by Gasteiger charge is 2.33. The molecule has 7 rings (SSSR count). The number of rotatable bonds is 6. The smallest absolute Gasteiger partial charge is 0.404 e. The summed E-state index contributed by atoms with van der Waals surface area (Å²) in [6.07, 6.45) is 1.81. The highest BCUT2D eigenvalue weighted by atomic mass is 79.9. The van der Waals surface area contributed by atoms with Gasteiger partial charge < -0.3 is 19.4 Å². The van der Waals surface area contributed by atoms with E-state index in [2.05, 4.69) is 80.8 Å². The quantitative estimate of drug-likeness (QED) is 0.231. The molecule has 0 aliphatic heterocycles. The Morgan fingerprint density at radius 2 is 1.79 bits per heavy atom. The third kappa shape index (κ3) is 3.88. The van der Waals surface area contributed by atoms with E-state index in [1.165, 1.54) is 22.3 Å². The van der Waals surface area contributed by atoms with E-state index in [1.807, 2.05) is 11.5 Å². The molecule has 8 heteroatoms. The molecule has 2 N–H and O–H groups in total. The molecular formula is C31H26BrN3O4. The maximum atomic E-state index is 13.8. The summed E-state index contributed by atoms with van der Waals surface area (Å²) in [6, 6.07) is 19.5. The van der Waals surface area contributed by atoms with Gasteiger partial charge in [0.1, 0.15) is 0 Å². The minimum atomic E-state index is -1.10. The Kier molecular flexibility index (Phi) is 5.63. The summed E-state index contributed by atoms with van der Waals surface area (Å²) < 4.78 is 9.14. The van der Waals surface area contributed by atoms with Crippen molar-refractivity contribution in [3.63, 3.8) is 0 Å². The van der Waals surface area contributed by atoms with E-state index in [-0.39, 0.29) is 30.5 Å². The van der Waals surface area contributed by atoms with Gasteiger partial charge in [0.25, 0.3) is 5.56 Å². The Bertz CT molecular complexity index is 1820. The van der Waals surface area contributed by atoms with Gasteiger partial charge in [-0.25, -0.2) is 9.78 Å². The third-order valence-electron chi connectivity index (χ3n) is 8.05. The maximum absolute atomic E-state index is 13.8. The standard InChI is InChI=1S/C31H26BrN3O4/c1-16-24(32)15-17(14-23-21-8-4-2-6-19(21)20-7-3-5-9-22(20)23)26-28(16)35(18-10-11-18)30(36)27-29(26)39-25(34-27)12-13-33-31(37)38/h2-9,15,18,23,33H,10-14H2,1H3,(H,37,38). The number of aromatic nitrogens is 2. The first-order chi connectivity index (χ1) is 18.9. The van der Waals surface area contributed by atoms with Gasteiger partial charge >= 0.3 is 6.09 Å². The molecule has 2 aliphatic rings. The number of carbonyl (C=O) groups is 1. The molecule has 0 spiro atoms. The lowest BCUT2D eigenvalue weighted by atomic mass is 9.88. The fourth-order valence-corrected chi connectivity index (χ4v) is 6.62. The molecule has 5 aromatic rings. The SMILES string of the molecule is Cc1c(Br)cc(CC2c3ccccc3-c3ccccc32)c2c3oc(CCNC(=O)O)nc3c(=O)n(C3CC3)c12. The number of benzene rings is 3. The number of nitrogens with one attached hydrogen (secondary N) is 1. The predicted octanol–water partition coefficient (Wildman–Crippen LogP) is 6.71. The van der Waals surface area contributed by atoms with E-state index in [0.29, 0.717) is 17.0 Å². The van der Waals surface area contributed by atoms with E-state index in [4.69, 9.17) is 9.52 Å². The first-order valence-corrected chi connectivity index (χ1v) is 14.0. The Labute approximate surface area is 232 Å². The van der Waals surface area contributed by atoms with Crippen LogP contribution in [0.25, 0.3) is 33.1 Å². The lowest BCUT2D eigenvalue weighted by Crippen LogP contribution is -2.23. The van der Waals surface area contributed by atoms with Crippen molar-refractivity contribution in [3.05, 3.63) is 97.6 Å². The van der Waals surface area contributed by atoms with Crippen molar-refractivity contribution >= 4 is 44.0 Å². The molecule has 0 unspecified atom stereocenters. The zero-order valence-electron chi connectivity index (χ0n) is 21.3. The van der Waals surface area contributed by atoms with Crippen molar-refractivity contribution in [2.75, 3.05) is 6.54 Å². The summed E-state index contributed by atoms with van der Waals surface area (Å²) >= 11 is 3.80. The molecule has 196 valence electrons. The number of hydrogen-bond donors (Lipinski definition) is 2. The van der Waals surface area contributed by atoms with Crippen molar-refractivity contribution in [3.8, 4) is 11.1 Å². The summed E-state index contributed by atoms with van der Waals surface area (Å²) in [5, 5.41) is 12.2. The van der Waals surface area contributed by atoms with Crippen LogP contribution >= 0.6 is 15.9 Å². The Morgan fingerprint density at radius 1 is 1.13 bits per heavy atom. The molecule has 2 aromatic heterocycles. The van der Waals surface area contributed by atoms with E-state index in [1.54, 1.807) is 0 Å². The van der Waals surface area contributed by atoms with Gasteiger partial charge in [-0.15, -0.1) is 0 Å². The molecule has 0 radical (unpaired) electrons. The summed E-state index contributed by atoms with van der Waals surface area (Å²) in [6.45, 7) is 2.19. The first-order valence-electron chi connectivity index (χ1n) is 13.2. The summed E-state index contributed by atoms with van der Waals surface area (Å²) in [7, 11) is 0. The number of aryl methyl sites for hydroxylation is 1. The van der Waals surface area contributed by atoms with Crippen LogP contribution in [0.2, 0.25) is 0 Å². The highest BCUT2D eigenvalue weighted by molar-refractivity contribution is 9.10. The van der Waals surface area contributed by atoms with Gasteiger partial charge in [0.2, 0.25) is 0 Å². The van der Waals surface area contributed by atoms with Crippen molar-refractivity contribution in [1.29, 1.82) is 0 Å². The van der Waals surface area contributed by atoms with Gasteiger partial charge in [0.05, 0.1) is 5.52 Å². The largest absolute Gasteiger partial charge is 0.465 e. The summed E-state index contributed by atoms with van der Waals surface area (Å²) in [4.78, 5) is 29.3. The lowest BCUT2D eigenvalue weighted by Gasteiger charge is -2.19. The van der Waals surface area contributed by atoms with Gasteiger partial charge in [0.15, 0.2) is 17.0 Å². The average Bonchev–Trinajstić information content (AvgIpc) is 3.59. The lowest BCUT2D eigenvalue weighted by molar-refractivity contribution is 0.194.